The van der Waals surface area contributed by atoms with Gasteiger partial charge in [-0.2, -0.15) is 18.3 Å². The van der Waals surface area contributed by atoms with Crippen LogP contribution in [-0.2, 0) is 17.5 Å². The number of hydrogen-bond donors (Lipinski definition) is 1. The van der Waals surface area contributed by atoms with Crippen LogP contribution in [0.3, 0.4) is 0 Å². The molecule has 0 atom stereocenters. The smallest absolute Gasteiger partial charge is 0.435 e. The van der Waals surface area contributed by atoms with Crippen LogP contribution < -0.4 is 10.1 Å². The van der Waals surface area contributed by atoms with Gasteiger partial charge in [0.25, 0.3) is 5.91 Å². The summed E-state index contributed by atoms with van der Waals surface area (Å²) in [5.74, 6) is 0.265. The predicted octanol–water partition coefficient (Wildman–Crippen LogP) is 3.63. The van der Waals surface area contributed by atoms with Crippen LogP contribution in [0.15, 0.2) is 30.3 Å². The number of alkyl halides is 3. The van der Waals surface area contributed by atoms with E-state index in [1.165, 1.54) is 4.68 Å². The highest BCUT2D eigenvalue weighted by molar-refractivity contribution is 6.30. The van der Waals surface area contributed by atoms with Crippen molar-refractivity contribution in [1.29, 1.82) is 0 Å². The third-order valence-electron chi connectivity index (χ3n) is 3.93. The van der Waals surface area contributed by atoms with E-state index < -0.39 is 11.9 Å². The minimum Gasteiger partial charge on any atom is -0.484 e. The zero-order chi connectivity index (χ0) is 18.7. The second-order valence-electron chi connectivity index (χ2n) is 6.04. The maximum absolute atomic E-state index is 12.8. The monoisotopic (exact) mass is 387 g/mol. The third-order valence-corrected chi connectivity index (χ3v) is 4.18. The van der Waals surface area contributed by atoms with Gasteiger partial charge in [0.1, 0.15) is 5.75 Å². The molecule has 0 bridgehead atoms. The maximum Gasteiger partial charge on any atom is 0.435 e. The number of carbonyl (C=O) groups excluding carboxylic acids is 1. The Hall–Kier alpha value is -2.22. The Balaban J connectivity index is 1.49. The molecule has 9 heteroatoms. The van der Waals surface area contributed by atoms with Gasteiger partial charge in [0.05, 0.1) is 6.54 Å². The largest absolute Gasteiger partial charge is 0.484 e. The van der Waals surface area contributed by atoms with Crippen LogP contribution in [0.1, 0.15) is 30.1 Å². The zero-order valence-corrected chi connectivity index (χ0v) is 14.5. The quantitative estimate of drug-likeness (QED) is 0.789. The molecule has 1 amide bonds. The summed E-state index contributed by atoms with van der Waals surface area (Å²) in [5, 5.41) is 6.81. The number of hydrogen-bond acceptors (Lipinski definition) is 3. The van der Waals surface area contributed by atoms with Crippen LogP contribution in [0.4, 0.5) is 13.2 Å². The lowest BCUT2D eigenvalue weighted by Gasteiger charge is -2.09. The number of aromatic nitrogens is 2. The lowest BCUT2D eigenvalue weighted by atomic mass is 10.2. The van der Waals surface area contributed by atoms with E-state index >= 15 is 0 Å². The Morgan fingerprint density at radius 3 is 2.62 bits per heavy atom. The number of amides is 1. The van der Waals surface area contributed by atoms with E-state index in [9.17, 15) is 18.0 Å². The summed E-state index contributed by atoms with van der Waals surface area (Å²) in [6, 6.07) is 7.66. The fourth-order valence-corrected chi connectivity index (χ4v) is 2.61. The third kappa shape index (κ3) is 4.91. The van der Waals surface area contributed by atoms with Crippen molar-refractivity contribution >= 4 is 17.5 Å². The van der Waals surface area contributed by atoms with Gasteiger partial charge in [0.2, 0.25) is 0 Å². The van der Waals surface area contributed by atoms with Gasteiger partial charge in [-0.15, -0.1) is 0 Å². The number of benzene rings is 1. The molecule has 1 saturated carbocycles. The molecule has 0 saturated heterocycles. The molecule has 2 aromatic rings. The number of rotatable bonds is 7. The highest BCUT2D eigenvalue weighted by atomic mass is 35.5. The average Bonchev–Trinajstić information content (AvgIpc) is 3.33. The Morgan fingerprint density at radius 1 is 1.31 bits per heavy atom. The van der Waals surface area contributed by atoms with Gasteiger partial charge in [0.15, 0.2) is 12.3 Å². The van der Waals surface area contributed by atoms with Gasteiger partial charge >= 0.3 is 6.18 Å². The van der Waals surface area contributed by atoms with E-state index in [4.69, 9.17) is 16.3 Å². The van der Waals surface area contributed by atoms with Crippen LogP contribution in [0, 0.1) is 0 Å². The van der Waals surface area contributed by atoms with Crippen molar-refractivity contribution in [2.45, 2.75) is 31.5 Å². The molecule has 1 fully saturated rings. The van der Waals surface area contributed by atoms with E-state index in [1.54, 1.807) is 24.3 Å². The highest BCUT2D eigenvalue weighted by Gasteiger charge is 2.37. The van der Waals surface area contributed by atoms with E-state index in [2.05, 4.69) is 10.4 Å². The summed E-state index contributed by atoms with van der Waals surface area (Å²) in [6.07, 6.45) is -2.74. The van der Waals surface area contributed by atoms with Crippen molar-refractivity contribution in [2.75, 3.05) is 13.2 Å². The van der Waals surface area contributed by atoms with Gasteiger partial charge in [-0.3, -0.25) is 9.48 Å². The van der Waals surface area contributed by atoms with Crippen LogP contribution in [-0.4, -0.2) is 28.8 Å². The Kier molecular flexibility index (Phi) is 5.41. The van der Waals surface area contributed by atoms with Gasteiger partial charge < -0.3 is 10.1 Å². The SMILES string of the molecule is O=C(COc1ccc(Cl)cc1)NCCn1nc(C(F)(F)F)cc1C1CC1. The van der Waals surface area contributed by atoms with Gasteiger partial charge in [-0.05, 0) is 43.2 Å². The maximum atomic E-state index is 12.8. The summed E-state index contributed by atoms with van der Waals surface area (Å²) in [7, 11) is 0. The predicted molar refractivity (Wildman–Crippen MR) is 89.2 cm³/mol. The van der Waals surface area contributed by atoms with Crippen molar-refractivity contribution in [2.24, 2.45) is 0 Å². The van der Waals surface area contributed by atoms with Crippen LogP contribution in [0.5, 0.6) is 5.75 Å². The minimum atomic E-state index is -4.47. The fourth-order valence-electron chi connectivity index (χ4n) is 2.49. The summed E-state index contributed by atoms with van der Waals surface area (Å²) < 4.78 is 45.1. The van der Waals surface area contributed by atoms with Crippen LogP contribution in [0.2, 0.25) is 5.02 Å². The first-order chi connectivity index (χ1) is 12.3. The molecular formula is C17H17ClF3N3O2. The Bertz CT molecular complexity index is 771. The Morgan fingerprint density at radius 2 is 2.00 bits per heavy atom. The summed E-state index contributed by atoms with van der Waals surface area (Å²) in [5.41, 5.74) is -0.319. The molecule has 1 aromatic heterocycles. The number of ether oxygens (including phenoxy) is 1. The van der Waals surface area contributed by atoms with Crippen molar-refractivity contribution in [1.82, 2.24) is 15.1 Å². The Labute approximate surface area is 153 Å². The van der Waals surface area contributed by atoms with Crippen LogP contribution in [0.25, 0.3) is 0 Å². The molecule has 0 radical (unpaired) electrons. The molecule has 1 heterocycles. The second-order valence-corrected chi connectivity index (χ2v) is 6.48. The summed E-state index contributed by atoms with van der Waals surface area (Å²) in [6.45, 7) is 0.153. The van der Waals surface area contributed by atoms with Gasteiger partial charge in [0, 0.05) is 23.2 Å². The van der Waals surface area contributed by atoms with E-state index in [0.717, 1.165) is 18.9 Å². The zero-order valence-electron chi connectivity index (χ0n) is 13.7. The number of halogens is 4. The molecule has 1 N–H and O–H groups in total. The molecule has 0 unspecified atom stereocenters. The topological polar surface area (TPSA) is 56.1 Å². The van der Waals surface area contributed by atoms with E-state index in [1.807, 2.05) is 0 Å². The van der Waals surface area contributed by atoms with Crippen molar-refractivity contribution < 1.29 is 22.7 Å². The standard InChI is InChI=1S/C17H17ClF3N3O2/c18-12-3-5-13(6-4-12)26-10-16(25)22-7-8-24-14(11-1-2-11)9-15(23-24)17(19,20)21/h3-6,9,11H,1-2,7-8,10H2,(H,22,25). The normalized spacial score (nSPS) is 14.3. The molecular weight excluding hydrogens is 371 g/mol. The second kappa shape index (κ2) is 7.57. The minimum absolute atomic E-state index is 0.127. The molecule has 5 nitrogen and oxygen atoms in total. The first-order valence-electron chi connectivity index (χ1n) is 8.13. The molecule has 140 valence electrons. The summed E-state index contributed by atoms with van der Waals surface area (Å²) in [4.78, 5) is 11.8. The van der Waals surface area contributed by atoms with E-state index in [-0.39, 0.29) is 31.5 Å². The van der Waals surface area contributed by atoms with Crippen molar-refractivity contribution in [3.63, 3.8) is 0 Å². The number of nitrogens with zero attached hydrogens (tertiary/aromatic N) is 2. The molecule has 0 spiro atoms. The molecule has 3 rings (SSSR count). The number of carbonyl (C=O) groups is 1. The molecule has 1 aliphatic carbocycles. The number of nitrogens with one attached hydrogen (secondary N) is 1. The molecule has 26 heavy (non-hydrogen) atoms. The first kappa shape index (κ1) is 18.6. The average molecular weight is 388 g/mol. The lowest BCUT2D eigenvalue weighted by molar-refractivity contribution is -0.141. The van der Waals surface area contributed by atoms with Crippen molar-refractivity contribution in [3.05, 3.63) is 46.7 Å². The molecule has 1 aromatic carbocycles. The van der Waals surface area contributed by atoms with E-state index in [0.29, 0.717) is 16.5 Å². The lowest BCUT2D eigenvalue weighted by Crippen LogP contribution is -2.32. The molecule has 0 aliphatic heterocycles. The van der Waals surface area contributed by atoms with Crippen LogP contribution >= 0.6 is 11.6 Å². The summed E-state index contributed by atoms with van der Waals surface area (Å²) >= 11 is 5.76. The first-order valence-corrected chi connectivity index (χ1v) is 8.51. The fraction of sp³-hybridized carbons (Fsp3) is 0.412. The van der Waals surface area contributed by atoms with Gasteiger partial charge in [-0.1, -0.05) is 11.6 Å². The molecule has 1 aliphatic rings. The highest BCUT2D eigenvalue weighted by Crippen LogP contribution is 2.42. The van der Waals surface area contributed by atoms with Gasteiger partial charge in [-0.25, -0.2) is 0 Å². The van der Waals surface area contributed by atoms with Crippen molar-refractivity contribution in [3.8, 4) is 5.75 Å².